The second kappa shape index (κ2) is 6.58. The van der Waals surface area contributed by atoms with Gasteiger partial charge in [0.1, 0.15) is 5.82 Å². The van der Waals surface area contributed by atoms with E-state index in [0.717, 1.165) is 17.8 Å². The third kappa shape index (κ3) is 3.33. The molecule has 3 atom stereocenters. The first kappa shape index (κ1) is 19.9. The molecule has 156 valence electrons. The van der Waals surface area contributed by atoms with Gasteiger partial charge in [-0.2, -0.15) is 0 Å². The summed E-state index contributed by atoms with van der Waals surface area (Å²) in [6.45, 7) is 11.8. The van der Waals surface area contributed by atoms with Crippen molar-refractivity contribution in [2.24, 2.45) is 17.8 Å². The van der Waals surface area contributed by atoms with Crippen molar-refractivity contribution in [2.45, 2.75) is 45.4 Å². The molecule has 2 aromatic heterocycles. The Hall–Kier alpha value is -2.35. The van der Waals surface area contributed by atoms with E-state index < -0.39 is 19.7 Å². The second-order valence-electron chi connectivity index (χ2n) is 10.1. The lowest BCUT2D eigenvalue weighted by Crippen LogP contribution is -2.62. The highest BCUT2D eigenvalue weighted by atomic mass is 28.3. The predicted octanol–water partition coefficient (Wildman–Crippen LogP) is 2.48. The van der Waals surface area contributed by atoms with Crippen molar-refractivity contribution in [2.75, 3.05) is 13.1 Å². The predicted molar refractivity (Wildman–Crippen MR) is 114 cm³/mol. The number of nitrogens with zero attached hydrogens (tertiary/aromatic N) is 3. The minimum absolute atomic E-state index is 0.0133. The summed E-state index contributed by atoms with van der Waals surface area (Å²) in [5.74, 6) is 0.970. The molecule has 29 heavy (non-hydrogen) atoms. The van der Waals surface area contributed by atoms with Crippen molar-refractivity contribution in [1.82, 2.24) is 19.6 Å². The minimum atomic E-state index is -1.52. The van der Waals surface area contributed by atoms with E-state index in [1.54, 1.807) is 0 Å². The maximum Gasteiger partial charge on any atom is 0.407 e. The average Bonchev–Trinajstić information content (AvgIpc) is 3.05. The Balaban J connectivity index is 1.56. The molecule has 1 unspecified atom stereocenters. The van der Waals surface area contributed by atoms with Gasteiger partial charge in [0, 0.05) is 25.2 Å². The Morgan fingerprint density at radius 2 is 1.90 bits per heavy atom. The first-order valence-electron chi connectivity index (χ1n) is 10.3. The Morgan fingerprint density at radius 1 is 1.24 bits per heavy atom. The van der Waals surface area contributed by atoms with Crippen molar-refractivity contribution in [3.05, 3.63) is 30.4 Å². The molecule has 2 bridgehead atoms. The summed E-state index contributed by atoms with van der Waals surface area (Å²) >= 11 is 0. The van der Waals surface area contributed by atoms with Crippen LogP contribution in [0.5, 0.6) is 0 Å². The molecule has 3 heterocycles. The van der Waals surface area contributed by atoms with Crippen molar-refractivity contribution in [3.63, 3.8) is 0 Å². The van der Waals surface area contributed by atoms with Crippen molar-refractivity contribution < 1.29 is 14.7 Å². The third-order valence-corrected chi connectivity index (χ3v) is 8.52. The Labute approximate surface area is 172 Å². The Bertz CT molecular complexity index is 966. The molecule has 7 nitrogen and oxygen atoms in total. The number of carboxylic acid groups (broad SMARTS) is 1. The topological polar surface area (TPSA) is 86.9 Å². The molecule has 2 N–H and O–H groups in total. The van der Waals surface area contributed by atoms with Gasteiger partial charge < -0.3 is 19.7 Å². The molecule has 1 saturated carbocycles. The number of fused-ring (bicyclic) bond motifs is 3. The zero-order chi connectivity index (χ0) is 21.1. The summed E-state index contributed by atoms with van der Waals surface area (Å²) < 4.78 is 2.10. The number of imidazole rings is 1. The van der Waals surface area contributed by atoms with Gasteiger partial charge in [-0.1, -0.05) is 25.7 Å². The zero-order valence-electron chi connectivity index (χ0n) is 17.8. The molecule has 2 amide bonds. The van der Waals surface area contributed by atoms with Gasteiger partial charge in [-0.05, 0) is 43.4 Å². The third-order valence-electron chi connectivity index (χ3n) is 6.48. The number of carbonyl (C=O) groups excluding carboxylic acids is 1. The fraction of sp³-hybridized carbons (Fsp3) is 0.571. The molecule has 1 aliphatic carbocycles. The van der Waals surface area contributed by atoms with Crippen LogP contribution in [0.1, 0.15) is 26.1 Å². The van der Waals surface area contributed by atoms with Gasteiger partial charge in [0.2, 0.25) is 5.91 Å². The summed E-state index contributed by atoms with van der Waals surface area (Å²) in [5, 5.41) is 13.8. The lowest BCUT2D eigenvalue weighted by molar-refractivity contribution is -0.142. The smallest absolute Gasteiger partial charge is 0.407 e. The molecular formula is C21H30N4O3Si. The van der Waals surface area contributed by atoms with Gasteiger partial charge in [0.05, 0.1) is 25.3 Å². The number of piperidine rings is 2. The van der Waals surface area contributed by atoms with Gasteiger partial charge in [-0.15, -0.1) is 0 Å². The number of likely N-dealkylation sites (tertiary alicyclic amines) is 1. The average molecular weight is 415 g/mol. The largest absolute Gasteiger partial charge is 0.465 e. The maximum absolute atomic E-state index is 13.1. The van der Waals surface area contributed by atoms with E-state index in [0.29, 0.717) is 13.1 Å². The number of carbonyl (C=O) groups is 2. The van der Waals surface area contributed by atoms with E-state index in [-0.39, 0.29) is 23.7 Å². The number of nitrogens with one attached hydrogen (secondary N) is 1. The van der Waals surface area contributed by atoms with Crippen LogP contribution in [0.15, 0.2) is 24.5 Å². The first-order valence-corrected chi connectivity index (χ1v) is 13.8. The van der Waals surface area contributed by atoms with Gasteiger partial charge in [-0.3, -0.25) is 4.79 Å². The molecule has 0 aromatic carbocycles. The van der Waals surface area contributed by atoms with E-state index in [2.05, 4.69) is 46.5 Å². The normalized spacial score (nSPS) is 24.3. The SMILES string of the molecule is CC(C)(NC(=O)C1[C@@H]2C[C@H]1CN(C(=O)O)C2)c1ncc2c([Si](C)(C)C)cccn12. The summed E-state index contributed by atoms with van der Waals surface area (Å²) in [6.07, 6.45) is 3.98. The summed E-state index contributed by atoms with van der Waals surface area (Å²) in [7, 11) is -1.52. The second-order valence-corrected chi connectivity index (χ2v) is 15.1. The van der Waals surface area contributed by atoms with Crippen LogP contribution in [0.4, 0.5) is 4.79 Å². The van der Waals surface area contributed by atoms with Crippen LogP contribution in [-0.4, -0.2) is 52.6 Å². The van der Waals surface area contributed by atoms with E-state index in [1.165, 1.54) is 10.1 Å². The Kier molecular flexibility index (Phi) is 4.53. The van der Waals surface area contributed by atoms with E-state index in [4.69, 9.17) is 0 Å². The maximum atomic E-state index is 13.1. The molecule has 1 aliphatic heterocycles. The lowest BCUT2D eigenvalue weighted by atomic mass is 9.61. The van der Waals surface area contributed by atoms with Crippen LogP contribution in [0.3, 0.4) is 0 Å². The number of amides is 2. The molecule has 8 heteroatoms. The number of hydrogen-bond acceptors (Lipinski definition) is 3. The monoisotopic (exact) mass is 414 g/mol. The molecule has 2 aliphatic rings. The lowest BCUT2D eigenvalue weighted by Gasteiger charge is -2.52. The Morgan fingerprint density at radius 3 is 2.48 bits per heavy atom. The zero-order valence-corrected chi connectivity index (χ0v) is 18.8. The molecule has 2 fully saturated rings. The van der Waals surface area contributed by atoms with Crippen LogP contribution in [0.2, 0.25) is 19.6 Å². The summed E-state index contributed by atoms with van der Waals surface area (Å²) in [4.78, 5) is 30.4. The van der Waals surface area contributed by atoms with Crippen LogP contribution < -0.4 is 10.5 Å². The minimum Gasteiger partial charge on any atom is -0.465 e. The number of rotatable bonds is 4. The fourth-order valence-electron chi connectivity index (χ4n) is 5.04. The highest BCUT2D eigenvalue weighted by Gasteiger charge is 2.52. The van der Waals surface area contributed by atoms with Crippen LogP contribution >= 0.6 is 0 Å². The molecule has 1 saturated heterocycles. The molecule has 2 aromatic rings. The van der Waals surface area contributed by atoms with Crippen LogP contribution in [-0.2, 0) is 10.3 Å². The molecular weight excluding hydrogens is 384 g/mol. The highest BCUT2D eigenvalue weighted by Crippen LogP contribution is 2.46. The van der Waals surface area contributed by atoms with Crippen molar-refractivity contribution >= 4 is 30.8 Å². The number of pyridine rings is 1. The first-order chi connectivity index (χ1) is 13.5. The standard InChI is InChI=1S/C21H30N4O3Si/c1-21(2,19-22-10-15-16(29(3,4)5)7-6-8-25(15)19)23-18(26)17-13-9-14(17)12-24(11-13)20(27)28/h6-8,10,13-14,17H,9,11-12H2,1-5H3,(H,23,26)(H,27,28)/t13-,14+,17?. The van der Waals surface area contributed by atoms with E-state index in [9.17, 15) is 14.7 Å². The molecule has 4 rings (SSSR count). The van der Waals surface area contributed by atoms with E-state index in [1.807, 2.05) is 26.2 Å². The highest BCUT2D eigenvalue weighted by molar-refractivity contribution is 6.90. The van der Waals surface area contributed by atoms with Gasteiger partial charge in [0.25, 0.3) is 0 Å². The number of hydrogen-bond donors (Lipinski definition) is 2. The summed E-state index contributed by atoms with van der Waals surface area (Å²) in [5.41, 5.74) is 0.486. The van der Waals surface area contributed by atoms with Crippen LogP contribution in [0, 0.1) is 17.8 Å². The quantitative estimate of drug-likeness (QED) is 0.753. The van der Waals surface area contributed by atoms with Gasteiger partial charge in [0.15, 0.2) is 0 Å². The van der Waals surface area contributed by atoms with Crippen LogP contribution in [0.25, 0.3) is 5.52 Å². The van der Waals surface area contributed by atoms with Crippen molar-refractivity contribution in [1.29, 1.82) is 0 Å². The van der Waals surface area contributed by atoms with E-state index >= 15 is 0 Å². The fourth-order valence-corrected chi connectivity index (χ4v) is 6.59. The summed E-state index contributed by atoms with van der Waals surface area (Å²) in [6, 6.07) is 4.24. The van der Waals surface area contributed by atoms with Gasteiger partial charge in [-0.25, -0.2) is 9.78 Å². The molecule has 0 spiro atoms. The van der Waals surface area contributed by atoms with Crippen molar-refractivity contribution in [3.8, 4) is 0 Å². The number of aromatic nitrogens is 2. The van der Waals surface area contributed by atoms with Gasteiger partial charge >= 0.3 is 6.09 Å². The molecule has 0 radical (unpaired) electrons.